The zero-order valence-electron chi connectivity index (χ0n) is 14.4. The summed E-state index contributed by atoms with van der Waals surface area (Å²) in [4.78, 5) is 12.2. The SMILES string of the molecule is Cc1ccc(C[NH+]2CCN(/N=C/c3ccccc3[N+](=O)[O-])CC2)cc1. The Hall–Kier alpha value is -2.73. The summed E-state index contributed by atoms with van der Waals surface area (Å²) in [7, 11) is 0. The van der Waals surface area contributed by atoms with E-state index < -0.39 is 0 Å². The summed E-state index contributed by atoms with van der Waals surface area (Å²) < 4.78 is 0. The largest absolute Gasteiger partial charge is 0.328 e. The molecule has 2 aromatic rings. The maximum Gasteiger partial charge on any atom is 0.278 e. The number of aryl methyl sites for hydroxylation is 1. The van der Waals surface area contributed by atoms with Crippen molar-refractivity contribution >= 4 is 11.9 Å². The van der Waals surface area contributed by atoms with Crippen molar-refractivity contribution in [3.63, 3.8) is 0 Å². The van der Waals surface area contributed by atoms with Gasteiger partial charge in [0.1, 0.15) is 6.54 Å². The van der Waals surface area contributed by atoms with Crippen LogP contribution in [0.5, 0.6) is 0 Å². The molecule has 0 radical (unpaired) electrons. The molecular formula is C19H23N4O2+. The number of hydrogen-bond acceptors (Lipinski definition) is 4. The monoisotopic (exact) mass is 339 g/mol. The lowest BCUT2D eigenvalue weighted by Gasteiger charge is -2.30. The first kappa shape index (κ1) is 17.1. The van der Waals surface area contributed by atoms with Gasteiger partial charge in [-0.05, 0) is 13.0 Å². The molecular weight excluding hydrogens is 316 g/mol. The van der Waals surface area contributed by atoms with Gasteiger partial charge < -0.3 is 4.90 Å². The quantitative estimate of drug-likeness (QED) is 0.512. The van der Waals surface area contributed by atoms with E-state index in [4.69, 9.17) is 0 Å². The van der Waals surface area contributed by atoms with E-state index >= 15 is 0 Å². The van der Waals surface area contributed by atoms with Gasteiger partial charge in [-0.2, -0.15) is 5.10 Å². The number of para-hydroxylation sites is 1. The highest BCUT2D eigenvalue weighted by molar-refractivity contribution is 5.84. The van der Waals surface area contributed by atoms with E-state index in [1.54, 1.807) is 29.3 Å². The maximum atomic E-state index is 11.0. The third-order valence-corrected chi connectivity index (χ3v) is 4.52. The summed E-state index contributed by atoms with van der Waals surface area (Å²) in [6.07, 6.45) is 1.60. The van der Waals surface area contributed by atoms with Crippen molar-refractivity contribution in [1.82, 2.24) is 5.01 Å². The van der Waals surface area contributed by atoms with Crippen LogP contribution in [0, 0.1) is 17.0 Å². The van der Waals surface area contributed by atoms with Gasteiger partial charge >= 0.3 is 0 Å². The first-order valence-electron chi connectivity index (χ1n) is 8.53. The van der Waals surface area contributed by atoms with Crippen molar-refractivity contribution in [3.05, 3.63) is 75.3 Å². The van der Waals surface area contributed by atoms with Crippen molar-refractivity contribution in [1.29, 1.82) is 0 Å². The standard InChI is InChI=1S/C19H22N4O2/c1-16-6-8-17(9-7-16)15-21-10-12-22(13-11-21)20-14-18-4-2-3-5-19(18)23(24)25/h2-9,14H,10-13,15H2,1H3/p+1/b20-14+. The highest BCUT2D eigenvalue weighted by Gasteiger charge is 2.19. The van der Waals surface area contributed by atoms with E-state index in [1.807, 2.05) is 5.01 Å². The smallest absolute Gasteiger partial charge is 0.278 e. The molecule has 0 aromatic heterocycles. The van der Waals surface area contributed by atoms with Gasteiger partial charge in [-0.25, -0.2) is 0 Å². The van der Waals surface area contributed by atoms with Gasteiger partial charge in [0.2, 0.25) is 0 Å². The second-order valence-electron chi connectivity index (χ2n) is 6.43. The molecule has 1 saturated heterocycles. The van der Waals surface area contributed by atoms with Crippen LogP contribution < -0.4 is 4.90 Å². The molecule has 0 atom stereocenters. The molecule has 0 spiro atoms. The van der Waals surface area contributed by atoms with Crippen LogP contribution in [0.3, 0.4) is 0 Å². The van der Waals surface area contributed by atoms with Gasteiger partial charge in [0.25, 0.3) is 5.69 Å². The Morgan fingerprint density at radius 3 is 2.52 bits per heavy atom. The van der Waals surface area contributed by atoms with E-state index in [2.05, 4.69) is 36.3 Å². The Morgan fingerprint density at radius 1 is 1.16 bits per heavy atom. The first-order valence-corrected chi connectivity index (χ1v) is 8.53. The molecule has 3 rings (SSSR count). The van der Waals surface area contributed by atoms with E-state index in [0.717, 1.165) is 32.7 Å². The molecule has 25 heavy (non-hydrogen) atoms. The van der Waals surface area contributed by atoms with Gasteiger partial charge in [-0.1, -0.05) is 42.0 Å². The molecule has 0 bridgehead atoms. The van der Waals surface area contributed by atoms with Crippen molar-refractivity contribution in [2.45, 2.75) is 13.5 Å². The summed E-state index contributed by atoms with van der Waals surface area (Å²) in [6, 6.07) is 15.4. The number of nitro benzene ring substituents is 1. The fourth-order valence-electron chi connectivity index (χ4n) is 3.00. The van der Waals surface area contributed by atoms with Gasteiger partial charge in [-0.15, -0.1) is 0 Å². The fourth-order valence-corrected chi connectivity index (χ4v) is 3.00. The van der Waals surface area contributed by atoms with E-state index in [0.29, 0.717) is 5.56 Å². The predicted octanol–water partition coefficient (Wildman–Crippen LogP) is 1.64. The van der Waals surface area contributed by atoms with Crippen LogP contribution in [0.1, 0.15) is 16.7 Å². The Bertz CT molecular complexity index is 750. The Balaban J connectivity index is 1.54. The summed E-state index contributed by atoms with van der Waals surface area (Å²) in [5, 5.41) is 17.5. The van der Waals surface area contributed by atoms with E-state index in [1.165, 1.54) is 17.2 Å². The zero-order valence-corrected chi connectivity index (χ0v) is 14.4. The third-order valence-electron chi connectivity index (χ3n) is 4.52. The molecule has 130 valence electrons. The number of quaternary nitrogens is 1. The molecule has 2 aromatic carbocycles. The maximum absolute atomic E-state index is 11.0. The molecule has 1 heterocycles. The number of benzene rings is 2. The molecule has 1 aliphatic rings. The van der Waals surface area contributed by atoms with Crippen LogP contribution in [0.15, 0.2) is 53.6 Å². The molecule has 0 amide bonds. The number of nitrogens with one attached hydrogen (secondary N) is 1. The fraction of sp³-hybridized carbons (Fsp3) is 0.316. The molecule has 1 aliphatic heterocycles. The molecule has 1 N–H and O–H groups in total. The number of piperazine rings is 1. The van der Waals surface area contributed by atoms with Crippen LogP contribution in [-0.4, -0.2) is 42.3 Å². The number of nitro groups is 1. The summed E-state index contributed by atoms with van der Waals surface area (Å²) >= 11 is 0. The summed E-state index contributed by atoms with van der Waals surface area (Å²) in [5.74, 6) is 0. The van der Waals surface area contributed by atoms with E-state index in [-0.39, 0.29) is 10.6 Å². The highest BCUT2D eigenvalue weighted by atomic mass is 16.6. The van der Waals surface area contributed by atoms with Gasteiger partial charge in [-0.3, -0.25) is 15.1 Å². The second-order valence-corrected chi connectivity index (χ2v) is 6.43. The minimum absolute atomic E-state index is 0.0925. The number of rotatable bonds is 5. The normalized spacial score (nSPS) is 15.6. The Labute approximate surface area is 147 Å². The molecule has 0 saturated carbocycles. The number of hydrogen-bond donors (Lipinski definition) is 1. The van der Waals surface area contributed by atoms with Crippen LogP contribution in [0.25, 0.3) is 0 Å². The van der Waals surface area contributed by atoms with Crippen molar-refractivity contribution < 1.29 is 9.82 Å². The van der Waals surface area contributed by atoms with Crippen LogP contribution in [0.2, 0.25) is 0 Å². The Kier molecular flexibility index (Phi) is 5.40. The Morgan fingerprint density at radius 2 is 1.84 bits per heavy atom. The van der Waals surface area contributed by atoms with Crippen LogP contribution >= 0.6 is 0 Å². The summed E-state index contributed by atoms with van der Waals surface area (Å²) in [6.45, 7) is 6.88. The lowest BCUT2D eigenvalue weighted by molar-refractivity contribution is -0.918. The molecule has 6 nitrogen and oxygen atoms in total. The van der Waals surface area contributed by atoms with Crippen LogP contribution in [0.4, 0.5) is 5.69 Å². The lowest BCUT2D eigenvalue weighted by atomic mass is 10.1. The van der Waals surface area contributed by atoms with Crippen LogP contribution in [-0.2, 0) is 6.54 Å². The van der Waals surface area contributed by atoms with Crippen molar-refractivity contribution in [2.75, 3.05) is 26.2 Å². The number of hydrazone groups is 1. The van der Waals surface area contributed by atoms with Gasteiger partial charge in [0, 0.05) is 11.6 Å². The first-order chi connectivity index (χ1) is 12.1. The molecule has 6 heteroatoms. The average molecular weight is 339 g/mol. The molecule has 0 unspecified atom stereocenters. The highest BCUT2D eigenvalue weighted by Crippen LogP contribution is 2.15. The minimum Gasteiger partial charge on any atom is -0.328 e. The molecule has 0 aliphatic carbocycles. The van der Waals surface area contributed by atoms with Crippen molar-refractivity contribution in [2.24, 2.45) is 5.10 Å². The van der Waals surface area contributed by atoms with E-state index in [9.17, 15) is 10.1 Å². The minimum atomic E-state index is -0.370. The summed E-state index contributed by atoms with van der Waals surface area (Å²) in [5.41, 5.74) is 3.28. The van der Waals surface area contributed by atoms with Crippen molar-refractivity contribution in [3.8, 4) is 0 Å². The average Bonchev–Trinajstić information content (AvgIpc) is 2.63. The lowest BCUT2D eigenvalue weighted by Crippen LogP contribution is -3.13. The van der Waals surface area contributed by atoms with Gasteiger partial charge in [0.05, 0.1) is 42.9 Å². The van der Waals surface area contributed by atoms with Gasteiger partial charge in [0.15, 0.2) is 0 Å². The predicted molar refractivity (Wildman–Crippen MR) is 97.8 cm³/mol. The topological polar surface area (TPSA) is 63.2 Å². The second kappa shape index (κ2) is 7.90. The number of nitrogens with zero attached hydrogens (tertiary/aromatic N) is 3. The zero-order chi connectivity index (χ0) is 17.6. The molecule has 1 fully saturated rings. The third kappa shape index (κ3) is 4.64.